The average molecular weight is 247 g/mol. The van der Waals surface area contributed by atoms with Crippen LogP contribution < -0.4 is 5.32 Å². The van der Waals surface area contributed by atoms with Gasteiger partial charge in [-0.15, -0.1) is 0 Å². The summed E-state index contributed by atoms with van der Waals surface area (Å²) in [6.45, 7) is 6.57. The summed E-state index contributed by atoms with van der Waals surface area (Å²) >= 11 is 0. The van der Waals surface area contributed by atoms with Crippen molar-refractivity contribution in [3.05, 3.63) is 23.3 Å². The smallest absolute Gasteiger partial charge is 0.115 e. The summed E-state index contributed by atoms with van der Waals surface area (Å²) in [5, 5.41) is 3.44. The fourth-order valence-corrected chi connectivity index (χ4v) is 2.72. The molecular formula is C15H25N3. The van der Waals surface area contributed by atoms with Gasteiger partial charge in [0.15, 0.2) is 0 Å². The maximum atomic E-state index is 4.54. The van der Waals surface area contributed by atoms with Gasteiger partial charge in [0.1, 0.15) is 6.33 Å². The summed E-state index contributed by atoms with van der Waals surface area (Å²) in [4.78, 5) is 8.96. The molecule has 1 atom stereocenters. The van der Waals surface area contributed by atoms with Gasteiger partial charge < -0.3 is 5.32 Å². The van der Waals surface area contributed by atoms with Crippen LogP contribution in [0.4, 0.5) is 0 Å². The lowest BCUT2D eigenvalue weighted by Gasteiger charge is -2.21. The zero-order chi connectivity index (χ0) is 12.8. The van der Waals surface area contributed by atoms with E-state index in [0.29, 0.717) is 0 Å². The van der Waals surface area contributed by atoms with Gasteiger partial charge in [0, 0.05) is 36.5 Å². The van der Waals surface area contributed by atoms with Crippen LogP contribution in [-0.2, 0) is 19.4 Å². The first-order chi connectivity index (χ1) is 8.85. The van der Waals surface area contributed by atoms with Crippen LogP contribution in [0.3, 0.4) is 0 Å². The van der Waals surface area contributed by atoms with Crippen LogP contribution in [0.2, 0.25) is 0 Å². The highest BCUT2D eigenvalue weighted by atomic mass is 14.9. The van der Waals surface area contributed by atoms with Crippen LogP contribution >= 0.6 is 0 Å². The predicted molar refractivity (Wildman–Crippen MR) is 74.5 cm³/mol. The number of nitrogens with one attached hydrogen (secondary N) is 1. The Bertz CT molecular complexity index is 376. The lowest BCUT2D eigenvalue weighted by Crippen LogP contribution is -2.26. The van der Waals surface area contributed by atoms with Crippen molar-refractivity contribution in [3.63, 3.8) is 0 Å². The molecule has 0 aromatic carbocycles. The van der Waals surface area contributed by atoms with Crippen molar-refractivity contribution in [3.8, 4) is 0 Å². The fourth-order valence-electron chi connectivity index (χ4n) is 2.72. The van der Waals surface area contributed by atoms with Crippen LogP contribution in [0.1, 0.15) is 56.5 Å². The molecule has 1 aliphatic heterocycles. The zero-order valence-corrected chi connectivity index (χ0v) is 11.7. The average Bonchev–Trinajstić information content (AvgIpc) is 2.43. The Morgan fingerprint density at radius 3 is 3.00 bits per heavy atom. The lowest BCUT2D eigenvalue weighted by molar-refractivity contribution is 0.440. The number of hydrogen-bond acceptors (Lipinski definition) is 3. The van der Waals surface area contributed by atoms with Crippen LogP contribution in [0, 0.1) is 5.92 Å². The molecule has 0 saturated heterocycles. The molecule has 1 unspecified atom stereocenters. The minimum atomic E-state index is 0.783. The molecule has 3 heteroatoms. The van der Waals surface area contributed by atoms with E-state index in [4.69, 9.17) is 0 Å². The minimum absolute atomic E-state index is 0.783. The minimum Gasteiger partial charge on any atom is -0.312 e. The van der Waals surface area contributed by atoms with E-state index in [1.54, 1.807) is 6.33 Å². The van der Waals surface area contributed by atoms with E-state index in [9.17, 15) is 0 Å². The molecule has 1 aromatic heterocycles. The van der Waals surface area contributed by atoms with E-state index in [2.05, 4.69) is 29.1 Å². The number of aromatic nitrogens is 2. The quantitative estimate of drug-likeness (QED) is 0.840. The number of fused-ring (bicyclic) bond motifs is 1. The van der Waals surface area contributed by atoms with Crippen LogP contribution in [0.5, 0.6) is 0 Å². The molecule has 0 aliphatic carbocycles. The van der Waals surface area contributed by atoms with Gasteiger partial charge in [-0.25, -0.2) is 9.97 Å². The highest BCUT2D eigenvalue weighted by molar-refractivity contribution is 5.27. The van der Waals surface area contributed by atoms with E-state index in [1.807, 2.05) is 0 Å². The van der Waals surface area contributed by atoms with E-state index in [-0.39, 0.29) is 0 Å². The van der Waals surface area contributed by atoms with Gasteiger partial charge in [-0.05, 0) is 12.3 Å². The molecule has 18 heavy (non-hydrogen) atoms. The van der Waals surface area contributed by atoms with Gasteiger partial charge in [0.25, 0.3) is 0 Å². The first-order valence-corrected chi connectivity index (χ1v) is 7.37. The van der Waals surface area contributed by atoms with Crippen LogP contribution in [0.25, 0.3) is 0 Å². The van der Waals surface area contributed by atoms with Gasteiger partial charge in [0.05, 0.1) is 0 Å². The highest BCUT2D eigenvalue weighted by Crippen LogP contribution is 2.22. The standard InChI is InChI=1S/C15H25N3/c1-3-5-6-12(4-2)9-15-13-10-16-8-7-14(13)17-11-18-15/h11-12,16H,3-10H2,1-2H3. The molecule has 2 rings (SSSR count). The molecule has 1 aliphatic rings. The van der Waals surface area contributed by atoms with E-state index in [1.165, 1.54) is 42.6 Å². The summed E-state index contributed by atoms with van der Waals surface area (Å²) < 4.78 is 0. The molecule has 3 nitrogen and oxygen atoms in total. The van der Waals surface area contributed by atoms with Crippen molar-refractivity contribution in [2.24, 2.45) is 5.92 Å². The van der Waals surface area contributed by atoms with Crippen molar-refractivity contribution in [2.75, 3.05) is 6.54 Å². The Hall–Kier alpha value is -0.960. The third-order valence-electron chi connectivity index (χ3n) is 3.99. The summed E-state index contributed by atoms with van der Waals surface area (Å²) in [6.07, 6.45) is 9.15. The first-order valence-electron chi connectivity index (χ1n) is 7.37. The van der Waals surface area contributed by atoms with E-state index < -0.39 is 0 Å². The molecule has 0 bridgehead atoms. The summed E-state index contributed by atoms with van der Waals surface area (Å²) in [5.74, 6) is 0.783. The molecule has 0 radical (unpaired) electrons. The second kappa shape index (κ2) is 6.83. The molecule has 2 heterocycles. The van der Waals surface area contributed by atoms with Gasteiger partial charge in [-0.2, -0.15) is 0 Å². The van der Waals surface area contributed by atoms with Crippen molar-refractivity contribution >= 4 is 0 Å². The van der Waals surface area contributed by atoms with Gasteiger partial charge >= 0.3 is 0 Å². The SMILES string of the molecule is CCCCC(CC)Cc1ncnc2c1CNCC2. The van der Waals surface area contributed by atoms with Gasteiger partial charge in [0.2, 0.25) is 0 Å². The maximum Gasteiger partial charge on any atom is 0.115 e. The number of unbranched alkanes of at least 4 members (excludes halogenated alkanes) is 1. The predicted octanol–water partition coefficient (Wildman–Crippen LogP) is 2.88. The van der Waals surface area contributed by atoms with Crippen molar-refractivity contribution in [2.45, 2.75) is 58.9 Å². The number of rotatable bonds is 6. The summed E-state index contributed by atoms with van der Waals surface area (Å²) in [5.41, 5.74) is 3.93. The van der Waals surface area contributed by atoms with Gasteiger partial charge in [-0.3, -0.25) is 0 Å². The molecule has 0 saturated carbocycles. The van der Waals surface area contributed by atoms with Gasteiger partial charge in [-0.1, -0.05) is 39.5 Å². The first kappa shape index (κ1) is 13.5. The van der Waals surface area contributed by atoms with Crippen molar-refractivity contribution in [1.29, 1.82) is 0 Å². The Balaban J connectivity index is 2.08. The normalized spacial score (nSPS) is 16.3. The molecule has 1 N–H and O–H groups in total. The Kier molecular flexibility index (Phi) is 5.12. The third kappa shape index (κ3) is 3.29. The fraction of sp³-hybridized carbons (Fsp3) is 0.733. The Labute approximate surface area is 110 Å². The van der Waals surface area contributed by atoms with E-state index >= 15 is 0 Å². The highest BCUT2D eigenvalue weighted by Gasteiger charge is 2.17. The second-order valence-corrected chi connectivity index (χ2v) is 5.29. The molecule has 0 spiro atoms. The molecule has 100 valence electrons. The number of hydrogen-bond donors (Lipinski definition) is 1. The van der Waals surface area contributed by atoms with Crippen LogP contribution in [0.15, 0.2) is 6.33 Å². The zero-order valence-electron chi connectivity index (χ0n) is 11.7. The third-order valence-corrected chi connectivity index (χ3v) is 3.99. The van der Waals surface area contributed by atoms with E-state index in [0.717, 1.165) is 31.8 Å². The molecule has 0 fully saturated rings. The summed E-state index contributed by atoms with van der Waals surface area (Å²) in [7, 11) is 0. The Morgan fingerprint density at radius 1 is 1.33 bits per heavy atom. The van der Waals surface area contributed by atoms with Crippen LogP contribution in [-0.4, -0.2) is 16.5 Å². The molecule has 0 amide bonds. The Morgan fingerprint density at radius 2 is 2.22 bits per heavy atom. The second-order valence-electron chi connectivity index (χ2n) is 5.29. The maximum absolute atomic E-state index is 4.54. The lowest BCUT2D eigenvalue weighted by atomic mass is 9.91. The topological polar surface area (TPSA) is 37.8 Å². The summed E-state index contributed by atoms with van der Waals surface area (Å²) in [6, 6.07) is 0. The molecular weight excluding hydrogens is 222 g/mol. The molecule has 1 aromatic rings. The van der Waals surface area contributed by atoms with Crippen molar-refractivity contribution < 1.29 is 0 Å². The van der Waals surface area contributed by atoms with Crippen molar-refractivity contribution in [1.82, 2.24) is 15.3 Å². The largest absolute Gasteiger partial charge is 0.312 e. The number of nitrogens with zero attached hydrogens (tertiary/aromatic N) is 2. The monoisotopic (exact) mass is 247 g/mol.